The van der Waals surface area contributed by atoms with Crippen molar-refractivity contribution in [3.8, 4) is 22.4 Å². The number of hydrogen-bond donors (Lipinski definition) is 3. The first-order valence-electron chi connectivity index (χ1n) is 26.4. The van der Waals surface area contributed by atoms with Crippen LogP contribution < -0.4 is 21.2 Å². The Balaban J connectivity index is 0.737. The standard InChI is InChI=1S/C56H62N12O7/c1-32(2)68-43-14-9-36(25-37(43)28-58-68)47-48-50-45(62(3)56(74)67(50)41-11-10-39(27-41)59-55(73)75-4)29-57-51(48)61-49(47)34-5-7-35(8-6-34)53(71)65-19-17-33(18-20-65)30-63-21-23-64(24-22-63)40-12-13-42-38(26-40)31-66(54(42)72)44-15-16-46(69)60-52(44)70/h5-9,12-14,25-26,28-29,32-33,39,41,44H,10-11,15-24,27,30-31H2,1-4H3,(H,57,61)(H,59,73)(H,60,69,70)/t39-,41-,44?/m1/s1. The lowest BCUT2D eigenvalue weighted by Gasteiger charge is -2.39. The first-order valence-corrected chi connectivity index (χ1v) is 26.4. The summed E-state index contributed by atoms with van der Waals surface area (Å²) in [6.45, 7) is 10.5. The van der Waals surface area contributed by atoms with Gasteiger partial charge in [-0.3, -0.25) is 43.2 Å². The number of ether oxygens (including phenoxy) is 1. The van der Waals surface area contributed by atoms with Crippen molar-refractivity contribution in [2.75, 3.05) is 57.8 Å². The number of rotatable bonds is 10. The highest BCUT2D eigenvalue weighted by Gasteiger charge is 2.40. The lowest BCUT2D eigenvalue weighted by atomic mass is 9.95. The molecule has 8 heterocycles. The van der Waals surface area contributed by atoms with Crippen LogP contribution in [0.1, 0.15) is 97.2 Å². The van der Waals surface area contributed by atoms with E-state index in [0.29, 0.717) is 73.5 Å². The van der Waals surface area contributed by atoms with Crippen LogP contribution in [0.5, 0.6) is 0 Å². The van der Waals surface area contributed by atoms with Gasteiger partial charge in [0.2, 0.25) is 11.8 Å². The summed E-state index contributed by atoms with van der Waals surface area (Å²) >= 11 is 0. The van der Waals surface area contributed by atoms with E-state index in [2.05, 4.69) is 63.5 Å². The Kier molecular flexibility index (Phi) is 12.3. The molecular formula is C56H62N12O7. The van der Waals surface area contributed by atoms with Gasteiger partial charge in [0.25, 0.3) is 11.8 Å². The Morgan fingerprint density at radius 3 is 2.37 bits per heavy atom. The summed E-state index contributed by atoms with van der Waals surface area (Å²) in [6, 6.07) is 19.4. The van der Waals surface area contributed by atoms with Crippen molar-refractivity contribution in [1.29, 1.82) is 0 Å². The Bertz CT molecular complexity index is 3500. The summed E-state index contributed by atoms with van der Waals surface area (Å²) < 4.78 is 10.5. The van der Waals surface area contributed by atoms with E-state index in [4.69, 9.17) is 14.8 Å². The maximum atomic E-state index is 14.3. The maximum Gasteiger partial charge on any atom is 0.407 e. The average Bonchev–Trinajstić information content (AvgIpc) is 4.27. The number of carbonyl (C=O) groups is 5. The number of amides is 5. The minimum atomic E-state index is -0.628. The molecule has 0 bridgehead atoms. The van der Waals surface area contributed by atoms with E-state index in [9.17, 15) is 28.8 Å². The smallest absolute Gasteiger partial charge is 0.407 e. The number of carbonyl (C=O) groups excluding carboxylic acids is 5. The number of H-pyrrole nitrogens is 1. The van der Waals surface area contributed by atoms with Crippen molar-refractivity contribution in [2.45, 2.75) is 89.5 Å². The van der Waals surface area contributed by atoms with E-state index in [0.717, 1.165) is 101 Å². The van der Waals surface area contributed by atoms with Gasteiger partial charge in [-0.05, 0) is 117 Å². The lowest BCUT2D eigenvalue weighted by Crippen LogP contribution is -2.52. The number of piperazine rings is 1. The second kappa shape index (κ2) is 19.2. The van der Waals surface area contributed by atoms with E-state index in [1.807, 2.05) is 56.7 Å². The van der Waals surface area contributed by atoms with Crippen LogP contribution in [-0.4, -0.2) is 138 Å². The minimum Gasteiger partial charge on any atom is -0.453 e. The molecule has 5 amide bonds. The molecule has 1 saturated carbocycles. The highest BCUT2D eigenvalue weighted by molar-refractivity contribution is 6.15. The second-order valence-corrected chi connectivity index (χ2v) is 21.4. The number of piperidine rings is 2. The zero-order chi connectivity index (χ0) is 51.8. The van der Waals surface area contributed by atoms with Gasteiger partial charge in [0, 0.05) is 112 Å². The molecule has 7 aromatic rings. The zero-order valence-corrected chi connectivity index (χ0v) is 42.8. The molecule has 3 atom stereocenters. The van der Waals surface area contributed by atoms with Crippen molar-refractivity contribution in [2.24, 2.45) is 13.0 Å². The molecule has 0 radical (unpaired) electrons. The monoisotopic (exact) mass is 1010 g/mol. The number of fused-ring (bicyclic) bond motifs is 5. The summed E-state index contributed by atoms with van der Waals surface area (Å²) in [5, 5.41) is 11.8. The van der Waals surface area contributed by atoms with E-state index < -0.39 is 18.0 Å². The van der Waals surface area contributed by atoms with Crippen LogP contribution >= 0.6 is 0 Å². The molecule has 5 aliphatic rings. The van der Waals surface area contributed by atoms with Crippen LogP contribution in [0.3, 0.4) is 0 Å². The van der Waals surface area contributed by atoms with Crippen LogP contribution in [-0.2, 0) is 27.9 Å². The van der Waals surface area contributed by atoms with Gasteiger partial charge in [-0.15, -0.1) is 0 Å². The number of aromatic amines is 1. The molecule has 4 aliphatic heterocycles. The summed E-state index contributed by atoms with van der Waals surface area (Å²) in [4.78, 5) is 95.2. The number of hydrogen-bond acceptors (Lipinski definition) is 11. The lowest BCUT2D eigenvalue weighted by molar-refractivity contribution is -0.136. The first kappa shape index (κ1) is 48.2. The quantitative estimate of drug-likeness (QED) is 0.129. The number of nitrogens with zero attached hydrogens (tertiary/aromatic N) is 9. The average molecular weight is 1020 g/mol. The fourth-order valence-corrected chi connectivity index (χ4v) is 12.6. The Morgan fingerprint density at radius 2 is 1.63 bits per heavy atom. The molecule has 75 heavy (non-hydrogen) atoms. The maximum absolute atomic E-state index is 14.3. The Morgan fingerprint density at radius 1 is 0.853 bits per heavy atom. The predicted octanol–water partition coefficient (Wildman–Crippen LogP) is 6.37. The highest BCUT2D eigenvalue weighted by atomic mass is 16.5. The normalized spacial score (nSPS) is 20.8. The summed E-state index contributed by atoms with van der Waals surface area (Å²) in [5.41, 5.74) is 9.76. The fraction of sp³-hybridized carbons (Fsp3) is 0.429. The van der Waals surface area contributed by atoms with Crippen LogP contribution in [0.25, 0.3) is 55.4 Å². The molecule has 3 N–H and O–H groups in total. The van der Waals surface area contributed by atoms with Crippen molar-refractivity contribution in [3.05, 3.63) is 100 Å². The van der Waals surface area contributed by atoms with Gasteiger partial charge < -0.3 is 29.7 Å². The molecule has 0 spiro atoms. The Hall–Kier alpha value is -7.80. The molecule has 1 aliphatic carbocycles. The molecular weight excluding hydrogens is 953 g/mol. The third-order valence-electron chi connectivity index (χ3n) is 16.6. The van der Waals surface area contributed by atoms with Crippen LogP contribution in [0, 0.1) is 5.92 Å². The highest BCUT2D eigenvalue weighted by Crippen LogP contribution is 2.44. The fourth-order valence-electron chi connectivity index (χ4n) is 12.6. The van der Waals surface area contributed by atoms with E-state index >= 15 is 0 Å². The molecule has 12 rings (SSSR count). The van der Waals surface area contributed by atoms with Gasteiger partial charge in [0.1, 0.15) is 11.7 Å². The molecule has 19 heteroatoms. The molecule has 19 nitrogen and oxygen atoms in total. The van der Waals surface area contributed by atoms with Crippen molar-refractivity contribution < 1.29 is 28.7 Å². The second-order valence-electron chi connectivity index (χ2n) is 21.4. The van der Waals surface area contributed by atoms with Crippen molar-refractivity contribution >= 4 is 68.4 Å². The molecule has 3 aromatic carbocycles. The van der Waals surface area contributed by atoms with Crippen molar-refractivity contribution in [3.63, 3.8) is 0 Å². The number of pyridine rings is 1. The van der Waals surface area contributed by atoms with E-state index in [-0.39, 0.29) is 48.0 Å². The van der Waals surface area contributed by atoms with Crippen LogP contribution in [0.15, 0.2) is 77.9 Å². The number of anilines is 1. The number of imidazole rings is 1. The summed E-state index contributed by atoms with van der Waals surface area (Å²) in [6.07, 6.45) is 7.60. The van der Waals surface area contributed by atoms with Crippen LogP contribution in [0.2, 0.25) is 0 Å². The number of nitrogens with one attached hydrogen (secondary N) is 3. The topological polar surface area (TPSA) is 205 Å². The molecule has 388 valence electrons. The summed E-state index contributed by atoms with van der Waals surface area (Å²) in [7, 11) is 3.13. The van der Waals surface area contributed by atoms with Crippen LogP contribution in [0.4, 0.5) is 10.5 Å². The van der Waals surface area contributed by atoms with Gasteiger partial charge in [0.15, 0.2) is 0 Å². The molecule has 1 unspecified atom stereocenters. The van der Waals surface area contributed by atoms with Gasteiger partial charge in [0.05, 0.1) is 47.1 Å². The molecule has 3 saturated heterocycles. The number of aromatic nitrogens is 6. The van der Waals surface area contributed by atoms with Gasteiger partial charge in [-0.25, -0.2) is 14.6 Å². The van der Waals surface area contributed by atoms with Crippen molar-refractivity contribution in [1.82, 2.24) is 54.2 Å². The van der Waals surface area contributed by atoms with E-state index in [1.165, 1.54) is 7.11 Å². The number of benzene rings is 3. The molecule has 4 aromatic heterocycles. The van der Waals surface area contributed by atoms with Gasteiger partial charge in [-0.1, -0.05) is 18.2 Å². The van der Waals surface area contributed by atoms with Gasteiger partial charge in [-0.2, -0.15) is 5.10 Å². The summed E-state index contributed by atoms with van der Waals surface area (Å²) in [5.74, 6) is -0.350. The zero-order valence-electron chi connectivity index (χ0n) is 42.8. The number of methoxy groups -OCH3 is 1. The first-order chi connectivity index (χ1) is 36.3. The SMILES string of the molecule is COC(=O)N[C@@H]1CC[C@@H](n2c(=O)n(C)c3cnc4[nH]c(-c5ccc(C(=O)N6CCC(CN7CCN(c8ccc9c(c8)CN(C8CCC(=O)NC8=O)C9=O)CC7)CC6)cc5)c(-c5ccc6c(cnn6C(C)C)c5)c4c32)C1. The number of alkyl carbamates (subject to hydrolysis) is 1. The third-order valence-corrected chi connectivity index (χ3v) is 16.6. The number of imide groups is 1. The van der Waals surface area contributed by atoms with Gasteiger partial charge >= 0.3 is 11.8 Å². The largest absolute Gasteiger partial charge is 0.453 e. The minimum absolute atomic E-state index is 0.0163. The Labute approximate surface area is 432 Å². The predicted molar refractivity (Wildman–Crippen MR) is 283 cm³/mol. The van der Waals surface area contributed by atoms with E-state index in [1.54, 1.807) is 22.7 Å². The number of likely N-dealkylation sites (tertiary alicyclic amines) is 1. The number of aryl methyl sites for hydroxylation is 1. The third kappa shape index (κ3) is 8.59. The molecule has 4 fully saturated rings.